The van der Waals surface area contributed by atoms with Crippen molar-refractivity contribution in [2.24, 2.45) is 0 Å². The summed E-state index contributed by atoms with van der Waals surface area (Å²) in [5, 5.41) is 7.29. The van der Waals surface area contributed by atoms with Gasteiger partial charge in [-0.3, -0.25) is 0 Å². The molecule has 1 saturated carbocycles. The topological polar surface area (TPSA) is 33.3 Å². The Morgan fingerprint density at radius 3 is 2.74 bits per heavy atom. The van der Waals surface area contributed by atoms with Crippen molar-refractivity contribution in [1.29, 1.82) is 0 Å². The molecule has 19 heavy (non-hydrogen) atoms. The lowest BCUT2D eigenvalue weighted by Crippen LogP contribution is -2.38. The van der Waals surface area contributed by atoms with Gasteiger partial charge in [0.1, 0.15) is 5.75 Å². The maximum atomic E-state index is 5.35. The Balaban J connectivity index is 1.90. The maximum absolute atomic E-state index is 5.35. The SMILES string of the molecule is COc1cc(NC(=S)NC2CCCCC2)ccc1Br. The van der Waals surface area contributed by atoms with Crippen LogP contribution in [0.2, 0.25) is 0 Å². The van der Waals surface area contributed by atoms with Crippen LogP contribution in [0.3, 0.4) is 0 Å². The lowest BCUT2D eigenvalue weighted by atomic mass is 9.96. The number of halogens is 1. The number of ether oxygens (including phenoxy) is 1. The van der Waals surface area contributed by atoms with Crippen LogP contribution in [0.5, 0.6) is 5.75 Å². The third-order valence-corrected chi connectivity index (χ3v) is 4.22. The van der Waals surface area contributed by atoms with Crippen molar-refractivity contribution in [3.05, 3.63) is 22.7 Å². The minimum absolute atomic E-state index is 0.520. The summed E-state index contributed by atoms with van der Waals surface area (Å²) in [6, 6.07) is 6.37. The van der Waals surface area contributed by atoms with E-state index >= 15 is 0 Å². The molecule has 1 aromatic carbocycles. The average molecular weight is 343 g/mol. The van der Waals surface area contributed by atoms with E-state index in [0.29, 0.717) is 11.2 Å². The van der Waals surface area contributed by atoms with E-state index in [1.807, 2.05) is 18.2 Å². The second kappa shape index (κ2) is 7.10. The predicted octanol–water partition coefficient (Wildman–Crippen LogP) is 4.08. The van der Waals surface area contributed by atoms with Crippen LogP contribution in [-0.4, -0.2) is 18.3 Å². The highest BCUT2D eigenvalue weighted by Crippen LogP contribution is 2.27. The molecule has 2 N–H and O–H groups in total. The number of nitrogens with one attached hydrogen (secondary N) is 2. The lowest BCUT2D eigenvalue weighted by Gasteiger charge is -2.24. The molecule has 1 aliphatic carbocycles. The van der Waals surface area contributed by atoms with Gasteiger partial charge in [0, 0.05) is 17.8 Å². The first kappa shape index (κ1) is 14.6. The number of hydrogen-bond acceptors (Lipinski definition) is 2. The van der Waals surface area contributed by atoms with Crippen molar-refractivity contribution >= 4 is 38.9 Å². The molecule has 0 bridgehead atoms. The standard InChI is InChI=1S/C14H19BrN2OS/c1-18-13-9-11(7-8-12(13)15)17-14(19)16-10-5-3-2-4-6-10/h7-10H,2-6H2,1H3,(H2,16,17,19). The molecule has 0 unspecified atom stereocenters. The predicted molar refractivity (Wildman–Crippen MR) is 86.9 cm³/mol. The quantitative estimate of drug-likeness (QED) is 0.811. The summed E-state index contributed by atoms with van der Waals surface area (Å²) in [5.74, 6) is 0.797. The zero-order valence-corrected chi connectivity index (χ0v) is 13.4. The maximum Gasteiger partial charge on any atom is 0.170 e. The van der Waals surface area contributed by atoms with Crippen molar-refractivity contribution in [2.45, 2.75) is 38.1 Å². The second-order valence-corrected chi connectivity index (χ2v) is 6.05. The summed E-state index contributed by atoms with van der Waals surface area (Å²) in [6.07, 6.45) is 6.37. The minimum atomic E-state index is 0.520. The van der Waals surface area contributed by atoms with Crippen LogP contribution >= 0.6 is 28.1 Å². The molecule has 5 heteroatoms. The number of hydrogen-bond donors (Lipinski definition) is 2. The van der Waals surface area contributed by atoms with E-state index in [0.717, 1.165) is 15.9 Å². The first-order valence-corrected chi connectivity index (χ1v) is 7.80. The fourth-order valence-corrected chi connectivity index (χ4v) is 3.03. The Bertz CT molecular complexity index is 447. The fourth-order valence-electron chi connectivity index (χ4n) is 2.34. The van der Waals surface area contributed by atoms with E-state index in [1.54, 1.807) is 7.11 Å². The molecule has 0 radical (unpaired) electrons. The summed E-state index contributed by atoms with van der Waals surface area (Å²) < 4.78 is 6.20. The molecule has 0 aliphatic heterocycles. The fraction of sp³-hybridized carbons (Fsp3) is 0.500. The summed E-state index contributed by atoms with van der Waals surface area (Å²) in [7, 11) is 1.66. The number of methoxy groups -OCH3 is 1. The largest absolute Gasteiger partial charge is 0.495 e. The second-order valence-electron chi connectivity index (χ2n) is 4.78. The van der Waals surface area contributed by atoms with Crippen LogP contribution in [0.1, 0.15) is 32.1 Å². The third kappa shape index (κ3) is 4.35. The van der Waals surface area contributed by atoms with Crippen molar-refractivity contribution in [3.63, 3.8) is 0 Å². The van der Waals surface area contributed by atoms with Gasteiger partial charge in [-0.25, -0.2) is 0 Å². The van der Waals surface area contributed by atoms with Crippen molar-refractivity contribution in [2.75, 3.05) is 12.4 Å². The molecular formula is C14H19BrN2OS. The molecule has 0 amide bonds. The average Bonchev–Trinajstić information content (AvgIpc) is 2.42. The van der Waals surface area contributed by atoms with E-state index in [9.17, 15) is 0 Å². The summed E-state index contributed by atoms with van der Waals surface area (Å²) in [4.78, 5) is 0. The van der Waals surface area contributed by atoms with Crippen LogP contribution in [0.4, 0.5) is 5.69 Å². The Hall–Kier alpha value is -0.810. The molecule has 104 valence electrons. The molecule has 2 rings (SSSR count). The van der Waals surface area contributed by atoms with Crippen molar-refractivity contribution in [3.8, 4) is 5.75 Å². The van der Waals surface area contributed by atoms with Crippen LogP contribution in [0.15, 0.2) is 22.7 Å². The Labute approximate surface area is 128 Å². The third-order valence-electron chi connectivity index (χ3n) is 3.35. The van der Waals surface area contributed by atoms with E-state index in [2.05, 4.69) is 26.6 Å². The van der Waals surface area contributed by atoms with Crippen LogP contribution in [0.25, 0.3) is 0 Å². The van der Waals surface area contributed by atoms with Crippen LogP contribution in [0, 0.1) is 0 Å². The molecule has 0 heterocycles. The van der Waals surface area contributed by atoms with Gasteiger partial charge in [-0.15, -0.1) is 0 Å². The highest BCUT2D eigenvalue weighted by atomic mass is 79.9. The summed E-state index contributed by atoms with van der Waals surface area (Å²) in [6.45, 7) is 0. The Morgan fingerprint density at radius 1 is 1.32 bits per heavy atom. The Kier molecular flexibility index (Phi) is 5.45. The highest BCUT2D eigenvalue weighted by molar-refractivity contribution is 9.10. The Morgan fingerprint density at radius 2 is 2.05 bits per heavy atom. The number of anilines is 1. The van der Waals surface area contributed by atoms with Gasteiger partial charge in [-0.05, 0) is 53.1 Å². The van der Waals surface area contributed by atoms with Gasteiger partial charge in [0.2, 0.25) is 0 Å². The van der Waals surface area contributed by atoms with E-state index in [1.165, 1.54) is 32.1 Å². The molecule has 0 saturated heterocycles. The first-order chi connectivity index (χ1) is 9.19. The van der Waals surface area contributed by atoms with Gasteiger partial charge in [0.15, 0.2) is 5.11 Å². The van der Waals surface area contributed by atoms with Gasteiger partial charge >= 0.3 is 0 Å². The number of rotatable bonds is 3. The monoisotopic (exact) mass is 342 g/mol. The smallest absolute Gasteiger partial charge is 0.170 e. The van der Waals surface area contributed by atoms with E-state index in [-0.39, 0.29) is 0 Å². The van der Waals surface area contributed by atoms with Gasteiger partial charge in [-0.1, -0.05) is 19.3 Å². The van der Waals surface area contributed by atoms with Gasteiger partial charge in [0.25, 0.3) is 0 Å². The zero-order valence-electron chi connectivity index (χ0n) is 11.0. The molecule has 1 fully saturated rings. The lowest BCUT2D eigenvalue weighted by molar-refractivity contribution is 0.412. The highest BCUT2D eigenvalue weighted by Gasteiger charge is 2.14. The van der Waals surface area contributed by atoms with Crippen molar-refractivity contribution < 1.29 is 4.74 Å². The molecule has 3 nitrogen and oxygen atoms in total. The molecule has 0 aromatic heterocycles. The molecular weight excluding hydrogens is 324 g/mol. The summed E-state index contributed by atoms with van der Waals surface area (Å²) in [5.41, 5.74) is 0.938. The van der Waals surface area contributed by atoms with E-state index in [4.69, 9.17) is 17.0 Å². The minimum Gasteiger partial charge on any atom is -0.495 e. The summed E-state index contributed by atoms with van der Waals surface area (Å²) >= 11 is 8.79. The van der Waals surface area contributed by atoms with Gasteiger partial charge in [-0.2, -0.15) is 0 Å². The molecule has 1 aromatic rings. The molecule has 0 spiro atoms. The molecule has 1 aliphatic rings. The first-order valence-electron chi connectivity index (χ1n) is 6.60. The number of benzene rings is 1. The molecule has 0 atom stereocenters. The van der Waals surface area contributed by atoms with E-state index < -0.39 is 0 Å². The van der Waals surface area contributed by atoms with Gasteiger partial charge in [0.05, 0.1) is 11.6 Å². The normalized spacial score (nSPS) is 15.9. The van der Waals surface area contributed by atoms with Crippen LogP contribution in [-0.2, 0) is 0 Å². The number of thiocarbonyl (C=S) groups is 1. The zero-order chi connectivity index (χ0) is 13.7. The van der Waals surface area contributed by atoms with Crippen molar-refractivity contribution in [1.82, 2.24) is 5.32 Å². The van der Waals surface area contributed by atoms with Gasteiger partial charge < -0.3 is 15.4 Å². The van der Waals surface area contributed by atoms with Crippen LogP contribution < -0.4 is 15.4 Å².